The lowest BCUT2D eigenvalue weighted by Crippen LogP contribution is -2.38. The third-order valence-electron chi connectivity index (χ3n) is 3.83. The van der Waals surface area contributed by atoms with Crippen molar-refractivity contribution in [1.29, 1.82) is 0 Å². The van der Waals surface area contributed by atoms with Crippen molar-refractivity contribution < 1.29 is 18.3 Å². The topological polar surface area (TPSA) is 66.8 Å². The molecule has 1 saturated heterocycles. The monoisotopic (exact) mass is 333 g/mol. The number of ether oxygens (including phenoxy) is 1. The molecule has 1 fully saturated rings. The summed E-state index contributed by atoms with van der Waals surface area (Å²) in [6.07, 6.45) is 1.68. The van der Waals surface area contributed by atoms with Crippen molar-refractivity contribution >= 4 is 21.6 Å². The van der Waals surface area contributed by atoms with Gasteiger partial charge in [-0.05, 0) is 30.9 Å². The van der Waals surface area contributed by atoms with Gasteiger partial charge in [-0.1, -0.05) is 18.5 Å². The van der Waals surface area contributed by atoms with Crippen LogP contribution in [0.15, 0.2) is 17.0 Å². The van der Waals surface area contributed by atoms with Crippen LogP contribution in [0.1, 0.15) is 25.3 Å². The molecule has 1 heterocycles. The molecule has 1 aromatic carbocycles. The van der Waals surface area contributed by atoms with Gasteiger partial charge in [0.25, 0.3) is 0 Å². The molecule has 21 heavy (non-hydrogen) atoms. The first-order valence-electron chi connectivity index (χ1n) is 6.87. The van der Waals surface area contributed by atoms with E-state index in [0.29, 0.717) is 24.6 Å². The zero-order chi connectivity index (χ0) is 15.6. The maximum Gasteiger partial charge on any atom is 0.246 e. The van der Waals surface area contributed by atoms with Gasteiger partial charge in [-0.25, -0.2) is 8.42 Å². The van der Waals surface area contributed by atoms with E-state index in [4.69, 9.17) is 16.3 Å². The minimum Gasteiger partial charge on any atom is -0.495 e. The molecule has 118 valence electrons. The molecule has 0 radical (unpaired) electrons. The van der Waals surface area contributed by atoms with Gasteiger partial charge in [-0.15, -0.1) is 0 Å². The second kappa shape index (κ2) is 6.52. The molecule has 2 rings (SSSR count). The zero-order valence-electron chi connectivity index (χ0n) is 12.2. The maximum atomic E-state index is 12.8. The fraction of sp³-hybridized carbons (Fsp3) is 0.571. The molecule has 5 nitrogen and oxygen atoms in total. The van der Waals surface area contributed by atoms with Gasteiger partial charge in [0.2, 0.25) is 10.0 Å². The Balaban J connectivity index is 2.46. The van der Waals surface area contributed by atoms with Crippen LogP contribution in [-0.4, -0.2) is 38.0 Å². The predicted molar refractivity (Wildman–Crippen MR) is 81.1 cm³/mol. The Bertz CT molecular complexity index is 610. The van der Waals surface area contributed by atoms with Crippen molar-refractivity contribution in [2.45, 2.75) is 31.3 Å². The molecular formula is C14H20ClNO4S. The molecule has 0 aliphatic carbocycles. The van der Waals surface area contributed by atoms with Crippen LogP contribution in [0.5, 0.6) is 5.75 Å². The molecule has 0 saturated carbocycles. The largest absolute Gasteiger partial charge is 0.495 e. The number of methoxy groups -OCH3 is 1. The highest BCUT2D eigenvalue weighted by Crippen LogP contribution is 2.35. The highest BCUT2D eigenvalue weighted by molar-refractivity contribution is 7.89. The van der Waals surface area contributed by atoms with Gasteiger partial charge < -0.3 is 9.84 Å². The number of sulfonamides is 1. The molecule has 0 spiro atoms. The zero-order valence-corrected chi connectivity index (χ0v) is 13.7. The number of hydrogen-bond donors (Lipinski definition) is 1. The summed E-state index contributed by atoms with van der Waals surface area (Å²) in [5.41, 5.74) is 0.369. The van der Waals surface area contributed by atoms with E-state index in [1.807, 2.05) is 0 Å². The highest BCUT2D eigenvalue weighted by atomic mass is 35.5. The fourth-order valence-electron chi connectivity index (χ4n) is 2.53. The second-order valence-electron chi connectivity index (χ2n) is 5.34. The smallest absolute Gasteiger partial charge is 0.246 e. The average Bonchev–Trinajstić information content (AvgIpc) is 2.46. The molecule has 0 bridgehead atoms. The van der Waals surface area contributed by atoms with E-state index in [9.17, 15) is 13.5 Å². The maximum absolute atomic E-state index is 12.8. The van der Waals surface area contributed by atoms with E-state index >= 15 is 0 Å². The van der Waals surface area contributed by atoms with Crippen LogP contribution in [0.4, 0.5) is 0 Å². The summed E-state index contributed by atoms with van der Waals surface area (Å²) in [6, 6.07) is 2.89. The molecule has 1 N–H and O–H groups in total. The van der Waals surface area contributed by atoms with Crippen molar-refractivity contribution in [2.75, 3.05) is 20.2 Å². The first-order chi connectivity index (χ1) is 9.90. The lowest BCUT2D eigenvalue weighted by atomic mass is 10.0. The number of halogens is 1. The van der Waals surface area contributed by atoms with Crippen LogP contribution in [0.25, 0.3) is 0 Å². The summed E-state index contributed by atoms with van der Waals surface area (Å²) in [6.45, 7) is 2.78. The van der Waals surface area contributed by atoms with E-state index in [2.05, 4.69) is 6.92 Å². The summed E-state index contributed by atoms with van der Waals surface area (Å²) in [4.78, 5) is 0.0242. The first-order valence-corrected chi connectivity index (χ1v) is 8.69. The third-order valence-corrected chi connectivity index (χ3v) is 5.95. The number of piperidine rings is 1. The Hall–Kier alpha value is -0.820. The molecule has 1 aliphatic rings. The van der Waals surface area contributed by atoms with Crippen LogP contribution in [0.3, 0.4) is 0 Å². The van der Waals surface area contributed by atoms with Crippen molar-refractivity contribution in [3.63, 3.8) is 0 Å². The van der Waals surface area contributed by atoms with Crippen molar-refractivity contribution in [3.8, 4) is 5.75 Å². The van der Waals surface area contributed by atoms with Crippen molar-refractivity contribution in [2.24, 2.45) is 5.92 Å². The fourth-order valence-corrected chi connectivity index (χ4v) is 4.53. The Morgan fingerprint density at radius 1 is 1.38 bits per heavy atom. The van der Waals surface area contributed by atoms with E-state index < -0.39 is 10.0 Å². The quantitative estimate of drug-likeness (QED) is 0.917. The van der Waals surface area contributed by atoms with Gasteiger partial charge >= 0.3 is 0 Å². The molecule has 7 heteroatoms. The van der Waals surface area contributed by atoms with Gasteiger partial charge in [0.15, 0.2) is 0 Å². The van der Waals surface area contributed by atoms with Gasteiger partial charge in [0.1, 0.15) is 10.6 Å². The summed E-state index contributed by atoms with van der Waals surface area (Å²) in [5, 5.41) is 9.63. The number of hydrogen-bond acceptors (Lipinski definition) is 4. The van der Waals surface area contributed by atoms with Gasteiger partial charge in [-0.3, -0.25) is 0 Å². The SMILES string of the molecule is COc1c(CO)cc(Cl)cc1S(=O)(=O)N1CCC(C)CC1. The van der Waals surface area contributed by atoms with Gasteiger partial charge in [0.05, 0.1) is 13.7 Å². The minimum absolute atomic E-state index is 0.0242. The van der Waals surface area contributed by atoms with Gasteiger partial charge in [0, 0.05) is 23.7 Å². The Kier molecular flexibility index (Phi) is 5.14. The third kappa shape index (κ3) is 3.34. The van der Waals surface area contributed by atoms with E-state index in [1.54, 1.807) is 0 Å². The first kappa shape index (κ1) is 16.5. The van der Waals surface area contributed by atoms with E-state index in [1.165, 1.54) is 23.5 Å². The summed E-state index contributed by atoms with van der Waals surface area (Å²) < 4.78 is 32.3. The van der Waals surface area contributed by atoms with Gasteiger partial charge in [-0.2, -0.15) is 4.31 Å². The van der Waals surface area contributed by atoms with Crippen LogP contribution >= 0.6 is 11.6 Å². The molecular weight excluding hydrogens is 314 g/mol. The van der Waals surface area contributed by atoms with E-state index in [-0.39, 0.29) is 22.3 Å². The van der Waals surface area contributed by atoms with Crippen LogP contribution in [0.2, 0.25) is 5.02 Å². The Labute approximate surface area is 130 Å². The molecule has 0 unspecified atom stereocenters. The molecule has 1 aliphatic heterocycles. The molecule has 0 amide bonds. The highest BCUT2D eigenvalue weighted by Gasteiger charge is 2.31. The molecule has 0 atom stereocenters. The lowest BCUT2D eigenvalue weighted by molar-refractivity contribution is 0.271. The van der Waals surface area contributed by atoms with Crippen LogP contribution in [0, 0.1) is 5.92 Å². The molecule has 0 aromatic heterocycles. The Morgan fingerprint density at radius 2 is 2.00 bits per heavy atom. The van der Waals surface area contributed by atoms with Crippen LogP contribution < -0.4 is 4.74 Å². The Morgan fingerprint density at radius 3 is 2.52 bits per heavy atom. The number of rotatable bonds is 4. The summed E-state index contributed by atoms with van der Waals surface area (Å²) in [5.74, 6) is 0.700. The number of benzene rings is 1. The van der Waals surface area contributed by atoms with Crippen molar-refractivity contribution in [3.05, 3.63) is 22.7 Å². The van der Waals surface area contributed by atoms with Crippen molar-refractivity contribution in [1.82, 2.24) is 4.31 Å². The lowest BCUT2D eigenvalue weighted by Gasteiger charge is -2.30. The van der Waals surface area contributed by atoms with E-state index in [0.717, 1.165) is 12.8 Å². The predicted octanol–water partition coefficient (Wildman–Crippen LogP) is 2.26. The second-order valence-corrected chi connectivity index (χ2v) is 7.68. The number of nitrogens with zero attached hydrogens (tertiary/aromatic N) is 1. The molecule has 1 aromatic rings. The number of aliphatic hydroxyl groups is 1. The normalized spacial score (nSPS) is 17.9. The summed E-state index contributed by atoms with van der Waals surface area (Å²) in [7, 11) is -2.28. The number of aliphatic hydroxyl groups excluding tert-OH is 1. The van der Waals surface area contributed by atoms with Crippen LogP contribution in [-0.2, 0) is 16.6 Å². The minimum atomic E-state index is -3.67. The average molecular weight is 334 g/mol. The standard InChI is InChI=1S/C14H20ClNO4S/c1-10-3-5-16(6-4-10)21(18,19)13-8-12(15)7-11(9-17)14(13)20-2/h7-8,10,17H,3-6,9H2,1-2H3. The summed E-state index contributed by atoms with van der Waals surface area (Å²) >= 11 is 5.98.